The number of carboxylic acids is 1. The summed E-state index contributed by atoms with van der Waals surface area (Å²) in [7, 11) is 0. The van der Waals surface area contributed by atoms with Crippen molar-refractivity contribution in [1.82, 2.24) is 0 Å². The molecule has 0 saturated carbocycles. The van der Waals surface area contributed by atoms with E-state index < -0.39 is 22.2 Å². The van der Waals surface area contributed by atoms with Crippen molar-refractivity contribution in [2.24, 2.45) is 5.41 Å². The summed E-state index contributed by atoms with van der Waals surface area (Å²) in [5, 5.41) is 21.7. The number of nitro benzene ring substituents is 1. The molecule has 0 spiro atoms. The summed E-state index contributed by atoms with van der Waals surface area (Å²) in [6, 6.07) is 5.13. The number of nitrogens with one attached hydrogen (secondary N) is 1. The topological polar surface area (TPSA) is 110 Å². The lowest BCUT2D eigenvalue weighted by atomic mass is 9.92. The van der Waals surface area contributed by atoms with E-state index in [1.165, 1.54) is 38.1 Å². The van der Waals surface area contributed by atoms with Crippen LogP contribution in [0.15, 0.2) is 24.3 Å². The zero-order valence-electron chi connectivity index (χ0n) is 9.84. The molecule has 1 rings (SSSR count). The Morgan fingerprint density at radius 1 is 1.28 bits per heavy atom. The number of benzene rings is 1. The fraction of sp³-hybridized carbons (Fsp3) is 0.273. The number of anilines is 1. The van der Waals surface area contributed by atoms with Gasteiger partial charge in [-0.15, -0.1) is 0 Å². The highest BCUT2D eigenvalue weighted by molar-refractivity contribution is 6.07. The third-order valence-electron chi connectivity index (χ3n) is 2.44. The van der Waals surface area contributed by atoms with Gasteiger partial charge in [0.05, 0.1) is 4.92 Å². The minimum atomic E-state index is -1.57. The van der Waals surface area contributed by atoms with Gasteiger partial charge >= 0.3 is 5.97 Å². The summed E-state index contributed by atoms with van der Waals surface area (Å²) in [6.07, 6.45) is 0. The molecule has 0 atom stereocenters. The van der Waals surface area contributed by atoms with Crippen LogP contribution < -0.4 is 5.32 Å². The van der Waals surface area contributed by atoms with Gasteiger partial charge < -0.3 is 10.4 Å². The first-order chi connectivity index (χ1) is 8.25. The summed E-state index contributed by atoms with van der Waals surface area (Å²) in [6.45, 7) is 2.55. The number of hydrogen-bond acceptors (Lipinski definition) is 4. The maximum Gasteiger partial charge on any atom is 0.318 e. The van der Waals surface area contributed by atoms with Crippen molar-refractivity contribution in [2.45, 2.75) is 13.8 Å². The second kappa shape index (κ2) is 4.82. The average molecular weight is 252 g/mol. The lowest BCUT2D eigenvalue weighted by molar-refractivity contribution is -0.384. The number of non-ortho nitro benzene ring substituents is 1. The van der Waals surface area contributed by atoms with Crippen LogP contribution in [0.2, 0.25) is 0 Å². The van der Waals surface area contributed by atoms with E-state index in [0.717, 1.165) is 0 Å². The predicted molar refractivity (Wildman–Crippen MR) is 63.1 cm³/mol. The van der Waals surface area contributed by atoms with Crippen molar-refractivity contribution in [2.75, 3.05) is 5.32 Å². The molecular formula is C11H12N2O5. The molecule has 1 aromatic rings. The molecule has 0 aliphatic carbocycles. The van der Waals surface area contributed by atoms with Crippen LogP contribution in [0.3, 0.4) is 0 Å². The van der Waals surface area contributed by atoms with Gasteiger partial charge in [0.25, 0.3) is 5.69 Å². The molecule has 0 unspecified atom stereocenters. The normalized spacial score (nSPS) is 10.8. The summed E-state index contributed by atoms with van der Waals surface area (Å²) in [5.74, 6) is -1.94. The Hall–Kier alpha value is -2.44. The fourth-order valence-corrected chi connectivity index (χ4v) is 1.05. The number of aliphatic carboxylic acids is 1. The van der Waals surface area contributed by atoms with E-state index in [2.05, 4.69) is 5.32 Å². The molecule has 7 nitrogen and oxygen atoms in total. The van der Waals surface area contributed by atoms with Crippen LogP contribution >= 0.6 is 0 Å². The summed E-state index contributed by atoms with van der Waals surface area (Å²) in [5.41, 5.74) is -1.37. The van der Waals surface area contributed by atoms with Crippen molar-refractivity contribution in [3.63, 3.8) is 0 Å². The second-order valence-electron chi connectivity index (χ2n) is 4.19. The highest BCUT2D eigenvalue weighted by atomic mass is 16.6. The molecule has 0 aliphatic heterocycles. The van der Waals surface area contributed by atoms with Crippen LogP contribution in [0.25, 0.3) is 0 Å². The van der Waals surface area contributed by atoms with Crippen molar-refractivity contribution in [1.29, 1.82) is 0 Å². The van der Waals surface area contributed by atoms with E-state index >= 15 is 0 Å². The number of carbonyl (C=O) groups excluding carboxylic acids is 1. The van der Waals surface area contributed by atoms with Crippen molar-refractivity contribution in [3.8, 4) is 0 Å². The Morgan fingerprint density at radius 3 is 2.17 bits per heavy atom. The Balaban J connectivity index is 2.83. The van der Waals surface area contributed by atoms with Crippen LogP contribution in [0.1, 0.15) is 13.8 Å². The van der Waals surface area contributed by atoms with E-state index in [0.29, 0.717) is 5.69 Å². The largest absolute Gasteiger partial charge is 0.480 e. The highest BCUT2D eigenvalue weighted by Crippen LogP contribution is 2.20. The van der Waals surface area contributed by atoms with E-state index in [1.807, 2.05) is 0 Å². The molecule has 0 bridgehead atoms. The number of carboxylic acid groups (broad SMARTS) is 1. The first-order valence-corrected chi connectivity index (χ1v) is 5.04. The molecular weight excluding hydrogens is 240 g/mol. The van der Waals surface area contributed by atoms with Crippen molar-refractivity contribution in [3.05, 3.63) is 34.4 Å². The molecule has 0 aliphatic rings. The van der Waals surface area contributed by atoms with Gasteiger partial charge in [0.2, 0.25) is 5.91 Å². The molecule has 2 N–H and O–H groups in total. The van der Waals surface area contributed by atoms with Gasteiger partial charge in [-0.2, -0.15) is 0 Å². The first kappa shape index (κ1) is 13.6. The standard InChI is InChI=1S/C11H12N2O5/c1-11(2,10(15)16)9(14)12-7-3-5-8(6-4-7)13(17)18/h3-6H,1-2H3,(H,12,14)(H,15,16). The lowest BCUT2D eigenvalue weighted by Crippen LogP contribution is -2.37. The molecule has 0 radical (unpaired) electrons. The molecule has 96 valence electrons. The summed E-state index contributed by atoms with van der Waals surface area (Å²) < 4.78 is 0. The minimum absolute atomic E-state index is 0.106. The van der Waals surface area contributed by atoms with Gasteiger partial charge in [-0.25, -0.2) is 0 Å². The van der Waals surface area contributed by atoms with Gasteiger partial charge in [0.15, 0.2) is 0 Å². The third kappa shape index (κ3) is 2.82. The van der Waals surface area contributed by atoms with Crippen LogP contribution in [0.5, 0.6) is 0 Å². The van der Waals surface area contributed by atoms with E-state index in [9.17, 15) is 19.7 Å². The van der Waals surface area contributed by atoms with Crippen LogP contribution in [-0.4, -0.2) is 21.9 Å². The molecule has 1 amide bonds. The molecule has 0 heterocycles. The van der Waals surface area contributed by atoms with E-state index in [1.54, 1.807) is 0 Å². The zero-order chi connectivity index (χ0) is 13.9. The quantitative estimate of drug-likeness (QED) is 0.481. The Morgan fingerprint density at radius 2 is 1.78 bits per heavy atom. The molecule has 18 heavy (non-hydrogen) atoms. The van der Waals surface area contributed by atoms with Crippen LogP contribution in [-0.2, 0) is 9.59 Å². The second-order valence-corrected chi connectivity index (χ2v) is 4.19. The Labute approximate surface area is 103 Å². The summed E-state index contributed by atoms with van der Waals surface area (Å²) >= 11 is 0. The van der Waals surface area contributed by atoms with Crippen LogP contribution in [0, 0.1) is 15.5 Å². The smallest absolute Gasteiger partial charge is 0.318 e. The van der Waals surface area contributed by atoms with Gasteiger partial charge in [-0.1, -0.05) is 0 Å². The predicted octanol–water partition coefficient (Wildman–Crippen LogP) is 1.64. The van der Waals surface area contributed by atoms with Crippen molar-refractivity contribution < 1.29 is 19.6 Å². The minimum Gasteiger partial charge on any atom is -0.480 e. The Bertz CT molecular complexity index is 493. The number of rotatable bonds is 4. The monoisotopic (exact) mass is 252 g/mol. The molecule has 1 aromatic carbocycles. The Kier molecular flexibility index (Phi) is 3.65. The molecule has 0 fully saturated rings. The third-order valence-corrected chi connectivity index (χ3v) is 2.44. The average Bonchev–Trinajstić information content (AvgIpc) is 2.29. The van der Waals surface area contributed by atoms with E-state index in [-0.39, 0.29) is 5.69 Å². The van der Waals surface area contributed by atoms with Gasteiger partial charge in [0, 0.05) is 17.8 Å². The number of nitro groups is 1. The van der Waals surface area contributed by atoms with Gasteiger partial charge in [0.1, 0.15) is 5.41 Å². The number of carbonyl (C=O) groups is 2. The fourth-order valence-electron chi connectivity index (χ4n) is 1.05. The molecule has 0 aromatic heterocycles. The number of nitrogens with zero attached hydrogens (tertiary/aromatic N) is 1. The first-order valence-electron chi connectivity index (χ1n) is 5.04. The molecule has 7 heteroatoms. The molecule has 0 saturated heterocycles. The summed E-state index contributed by atoms with van der Waals surface area (Å²) in [4.78, 5) is 32.4. The lowest BCUT2D eigenvalue weighted by Gasteiger charge is -2.18. The number of hydrogen-bond donors (Lipinski definition) is 2. The maximum absolute atomic E-state index is 11.7. The highest BCUT2D eigenvalue weighted by Gasteiger charge is 2.36. The number of amides is 1. The van der Waals surface area contributed by atoms with Crippen molar-refractivity contribution >= 4 is 23.3 Å². The zero-order valence-corrected chi connectivity index (χ0v) is 9.84. The van der Waals surface area contributed by atoms with Gasteiger partial charge in [-0.3, -0.25) is 19.7 Å². The van der Waals surface area contributed by atoms with Gasteiger partial charge in [-0.05, 0) is 26.0 Å². The van der Waals surface area contributed by atoms with Crippen LogP contribution in [0.4, 0.5) is 11.4 Å². The SMILES string of the molecule is CC(C)(C(=O)O)C(=O)Nc1ccc([N+](=O)[O-])cc1. The maximum atomic E-state index is 11.7. The van der Waals surface area contributed by atoms with E-state index in [4.69, 9.17) is 5.11 Å².